The number of methoxy groups -OCH3 is 1. The highest BCUT2D eigenvalue weighted by Crippen LogP contribution is 2.41. The molecule has 0 atom stereocenters. The molecule has 3 aliphatic rings. The van der Waals surface area contributed by atoms with Crippen LogP contribution in [-0.2, 0) is 9.47 Å². The monoisotopic (exact) mass is 998 g/mol. The Bertz CT molecular complexity index is 3970. The molecule has 5 aromatic carbocycles. The maximum absolute atomic E-state index is 14.8. The van der Waals surface area contributed by atoms with Crippen LogP contribution in [-0.4, -0.2) is 68.6 Å². The van der Waals surface area contributed by atoms with Crippen LogP contribution in [0.25, 0.3) is 96.6 Å². The number of fused-ring (bicyclic) bond motifs is 9. The third-order valence-corrected chi connectivity index (χ3v) is 13.6. The first-order valence-electron chi connectivity index (χ1n) is 24.8. The number of amides is 2. The third kappa shape index (κ3) is 7.98. The highest BCUT2D eigenvalue weighted by atomic mass is 16.5. The van der Waals surface area contributed by atoms with E-state index >= 15 is 0 Å². The summed E-state index contributed by atoms with van der Waals surface area (Å²) in [7, 11) is 1.51. The molecule has 0 aliphatic carbocycles. The van der Waals surface area contributed by atoms with Crippen LogP contribution >= 0.6 is 0 Å². The molecule has 3 aliphatic heterocycles. The normalized spacial score (nSPS) is 12.5. The highest BCUT2D eigenvalue weighted by Gasteiger charge is 2.48. The zero-order valence-electron chi connectivity index (χ0n) is 41.5. The van der Waals surface area contributed by atoms with Crippen LogP contribution in [0.2, 0.25) is 0 Å². The van der Waals surface area contributed by atoms with Crippen molar-refractivity contribution in [3.8, 4) is 55.9 Å². The number of aromatic amines is 2. The Kier molecular flexibility index (Phi) is 12.0. The van der Waals surface area contributed by atoms with Gasteiger partial charge in [0.15, 0.2) is 0 Å². The van der Waals surface area contributed by atoms with Crippen molar-refractivity contribution in [1.82, 2.24) is 24.5 Å². The summed E-state index contributed by atoms with van der Waals surface area (Å²) in [5.74, 6) is -2.89. The van der Waals surface area contributed by atoms with E-state index in [0.717, 1.165) is 83.0 Å². The number of nitrogens with zero attached hydrogens (tertiary/aromatic N) is 4. The lowest BCUT2D eigenvalue weighted by atomic mass is 10.0. The van der Waals surface area contributed by atoms with Gasteiger partial charge in [-0.2, -0.15) is 0 Å². The lowest BCUT2D eigenvalue weighted by molar-refractivity contribution is 0.0504. The molecule has 12 rings (SSSR count). The molecule has 0 saturated heterocycles. The SMILES string of the molecule is CCOC(=O)c1c2c(c(C(=O)OCC)n1-c1ccc(OC)cc1)C(=O)N(c1ccc(-c3c4nc(c(-c5ccccc5)c5ccc([nH]5)c(-c5ccccc5)c5nc(c(-c6ccccc6)c6ccc3[nH]6)C=C5)C=C4)cc1)C2=O. The Balaban J connectivity index is 1.06. The van der Waals surface area contributed by atoms with Gasteiger partial charge in [0.1, 0.15) is 17.1 Å². The maximum atomic E-state index is 14.8. The summed E-state index contributed by atoms with van der Waals surface area (Å²) in [6, 6.07) is 52.3. The Morgan fingerprint density at radius 3 is 1.12 bits per heavy atom. The smallest absolute Gasteiger partial charge is 0.356 e. The second-order valence-electron chi connectivity index (χ2n) is 18.0. The number of benzene rings is 5. The van der Waals surface area contributed by atoms with Crippen LogP contribution in [0.5, 0.6) is 5.75 Å². The number of nitrogens with one attached hydrogen (secondary N) is 2. The maximum Gasteiger partial charge on any atom is 0.356 e. The number of carbonyl (C=O) groups excluding carboxylic acids is 4. The second kappa shape index (κ2) is 19.4. The molecule has 9 aromatic rings. The molecule has 8 bridgehead atoms. The van der Waals surface area contributed by atoms with E-state index in [-0.39, 0.29) is 41.4 Å². The average Bonchev–Trinajstić information content (AvgIpc) is 4.51. The van der Waals surface area contributed by atoms with E-state index in [1.807, 2.05) is 91.0 Å². The summed E-state index contributed by atoms with van der Waals surface area (Å²) in [6.07, 6.45) is 8.13. The van der Waals surface area contributed by atoms with Gasteiger partial charge >= 0.3 is 11.9 Å². The van der Waals surface area contributed by atoms with Crippen molar-refractivity contribution in [2.45, 2.75) is 13.8 Å². The number of esters is 2. The number of H-pyrrole nitrogens is 2. The molecule has 370 valence electrons. The van der Waals surface area contributed by atoms with Gasteiger partial charge in [-0.25, -0.2) is 24.5 Å². The molecule has 2 amide bonds. The van der Waals surface area contributed by atoms with E-state index in [4.69, 9.17) is 24.2 Å². The van der Waals surface area contributed by atoms with Crippen LogP contribution in [0.15, 0.2) is 164 Å². The van der Waals surface area contributed by atoms with Crippen LogP contribution < -0.4 is 9.64 Å². The summed E-state index contributed by atoms with van der Waals surface area (Å²) in [5.41, 5.74) is 12.9. The number of hydrogen-bond donors (Lipinski definition) is 2. The predicted octanol–water partition coefficient (Wildman–Crippen LogP) is 13.3. The van der Waals surface area contributed by atoms with E-state index in [1.165, 1.54) is 11.7 Å². The minimum Gasteiger partial charge on any atom is -0.497 e. The molecular weight excluding hydrogens is 953 g/mol. The van der Waals surface area contributed by atoms with Crippen LogP contribution in [0.1, 0.15) is 78.3 Å². The first-order chi connectivity index (χ1) is 37.2. The summed E-state index contributed by atoms with van der Waals surface area (Å²) in [6.45, 7) is 3.19. The van der Waals surface area contributed by atoms with Crippen molar-refractivity contribution in [3.63, 3.8) is 0 Å². The molecule has 0 saturated carbocycles. The number of aromatic nitrogens is 5. The molecule has 0 unspecified atom stereocenters. The number of hydrogen-bond acceptors (Lipinski definition) is 9. The van der Waals surface area contributed by atoms with Gasteiger partial charge in [-0.15, -0.1) is 0 Å². The zero-order chi connectivity index (χ0) is 52.0. The highest BCUT2D eigenvalue weighted by molar-refractivity contribution is 6.38. The number of anilines is 1. The minimum absolute atomic E-state index is 0.0336. The Hall–Kier alpha value is -10.1. The summed E-state index contributed by atoms with van der Waals surface area (Å²) in [4.78, 5) is 76.8. The van der Waals surface area contributed by atoms with Crippen molar-refractivity contribution in [1.29, 1.82) is 0 Å². The van der Waals surface area contributed by atoms with Crippen LogP contribution in [0, 0.1) is 0 Å². The van der Waals surface area contributed by atoms with E-state index in [2.05, 4.69) is 70.7 Å². The van der Waals surface area contributed by atoms with Crippen molar-refractivity contribution in [3.05, 3.63) is 209 Å². The quantitative estimate of drug-likeness (QED) is 0.0949. The third-order valence-electron chi connectivity index (χ3n) is 13.6. The van der Waals surface area contributed by atoms with Gasteiger partial charge in [0.25, 0.3) is 11.8 Å². The van der Waals surface area contributed by atoms with E-state index in [9.17, 15) is 19.2 Å². The Labute approximate surface area is 436 Å². The number of carbonyl (C=O) groups is 4. The summed E-state index contributed by atoms with van der Waals surface area (Å²) < 4.78 is 17.6. The standard InChI is InChI=1S/C63H46N6O7/c1-4-75-62(72)58-56-57(59(63(73)76-5-2)68(58)41-25-27-43(74-3)28-26-41)61(71)69(60(56)70)42-23-21-40(22-24-42)55-50-35-33-48(66-50)53(38-17-11-7-12-18-38)46-31-29-44(64-46)52(37-15-9-6-10-16-37)45-30-32-47(65-45)54(39-19-13-8-14-20-39)49-34-36-51(55)67-49/h6-36,64,67H,4-5H2,1-3H3. The minimum atomic E-state index is -0.895. The van der Waals surface area contributed by atoms with E-state index in [0.29, 0.717) is 22.7 Å². The van der Waals surface area contributed by atoms with Gasteiger partial charge in [-0.1, -0.05) is 103 Å². The number of ether oxygens (including phenoxy) is 3. The molecule has 0 fully saturated rings. The van der Waals surface area contributed by atoms with E-state index < -0.39 is 23.8 Å². The van der Waals surface area contributed by atoms with Gasteiger partial charge in [0.2, 0.25) is 0 Å². The molecule has 13 heteroatoms. The van der Waals surface area contributed by atoms with Crippen molar-refractivity contribution in [2.75, 3.05) is 25.2 Å². The van der Waals surface area contributed by atoms with E-state index in [1.54, 1.807) is 50.2 Å². The number of rotatable bonds is 11. The van der Waals surface area contributed by atoms with Gasteiger partial charge < -0.3 is 24.2 Å². The molecule has 0 spiro atoms. The summed E-state index contributed by atoms with van der Waals surface area (Å²) in [5, 5.41) is 0. The predicted molar refractivity (Wildman–Crippen MR) is 296 cm³/mol. The van der Waals surface area contributed by atoms with Gasteiger partial charge in [0, 0.05) is 50.0 Å². The Morgan fingerprint density at radius 1 is 0.434 bits per heavy atom. The fraction of sp³-hybridized carbons (Fsp3) is 0.0794. The zero-order valence-corrected chi connectivity index (χ0v) is 41.5. The van der Waals surface area contributed by atoms with Gasteiger partial charge in [-0.3, -0.25) is 14.2 Å². The van der Waals surface area contributed by atoms with Gasteiger partial charge in [-0.05, 0) is 121 Å². The molecular formula is C63H46N6O7. The lowest BCUT2D eigenvalue weighted by Gasteiger charge is -2.18. The van der Waals surface area contributed by atoms with Crippen LogP contribution in [0.3, 0.4) is 0 Å². The Morgan fingerprint density at radius 2 is 0.776 bits per heavy atom. The van der Waals surface area contributed by atoms with Crippen molar-refractivity contribution < 1.29 is 33.4 Å². The van der Waals surface area contributed by atoms with Gasteiger partial charge in [0.05, 0.1) is 59.9 Å². The molecule has 76 heavy (non-hydrogen) atoms. The fourth-order valence-electron chi connectivity index (χ4n) is 10.3. The lowest BCUT2D eigenvalue weighted by Crippen LogP contribution is -2.32. The molecule has 0 radical (unpaired) electrons. The number of imide groups is 1. The molecule has 13 nitrogen and oxygen atoms in total. The topological polar surface area (TPSA) is 161 Å². The summed E-state index contributed by atoms with van der Waals surface area (Å²) >= 11 is 0. The molecule has 2 N–H and O–H groups in total. The molecule has 4 aromatic heterocycles. The fourth-order valence-corrected chi connectivity index (χ4v) is 10.3. The first kappa shape index (κ1) is 46.9. The largest absolute Gasteiger partial charge is 0.497 e. The average molecular weight is 999 g/mol. The van der Waals surface area contributed by atoms with Crippen molar-refractivity contribution in [2.24, 2.45) is 0 Å². The molecule has 7 heterocycles. The van der Waals surface area contributed by atoms with Crippen molar-refractivity contribution >= 4 is 75.8 Å². The first-order valence-corrected chi connectivity index (χ1v) is 24.8. The van der Waals surface area contributed by atoms with Crippen LogP contribution in [0.4, 0.5) is 5.69 Å². The second-order valence-corrected chi connectivity index (χ2v) is 18.0.